The van der Waals surface area contributed by atoms with Crippen molar-refractivity contribution in [2.24, 2.45) is 5.73 Å². The summed E-state index contributed by atoms with van der Waals surface area (Å²) in [5, 5.41) is 0. The lowest BCUT2D eigenvalue weighted by molar-refractivity contribution is -0.140. The molecule has 6 heteroatoms. The van der Waals surface area contributed by atoms with Gasteiger partial charge in [-0.2, -0.15) is 11.8 Å². The molecule has 0 aliphatic heterocycles. The van der Waals surface area contributed by atoms with Gasteiger partial charge in [-0.25, -0.2) is 0 Å². The summed E-state index contributed by atoms with van der Waals surface area (Å²) in [6.07, 6.45) is 0.375. The number of nitrogen functional groups attached to an aromatic ring is 1. The van der Waals surface area contributed by atoms with Crippen LogP contribution in [0.25, 0.3) is 0 Å². The van der Waals surface area contributed by atoms with E-state index in [1.807, 2.05) is 0 Å². The number of anilines is 1. The van der Waals surface area contributed by atoms with Gasteiger partial charge in [0.15, 0.2) is 0 Å². The van der Waals surface area contributed by atoms with E-state index in [9.17, 15) is 9.59 Å². The van der Waals surface area contributed by atoms with Gasteiger partial charge in [-0.05, 0) is 17.7 Å². The molecule has 1 amide bonds. The minimum Gasteiger partial charge on any atom is -0.469 e. The first-order chi connectivity index (χ1) is 8.54. The molecule has 0 saturated carbocycles. The Labute approximate surface area is 110 Å². The van der Waals surface area contributed by atoms with Crippen LogP contribution >= 0.6 is 11.8 Å². The second-order valence-corrected chi connectivity index (χ2v) is 4.76. The maximum atomic E-state index is 10.9. The molecule has 0 radical (unpaired) electrons. The largest absolute Gasteiger partial charge is 0.469 e. The summed E-state index contributed by atoms with van der Waals surface area (Å²) in [6.45, 7) is 0. The number of amides is 1. The third-order valence-electron chi connectivity index (χ3n) is 2.37. The Bertz CT molecular complexity index is 449. The zero-order valence-corrected chi connectivity index (χ0v) is 11.0. The van der Waals surface area contributed by atoms with Crippen LogP contribution in [-0.2, 0) is 15.3 Å². The third-order valence-corrected chi connectivity index (χ3v) is 3.37. The molecule has 0 heterocycles. The quantitative estimate of drug-likeness (QED) is 0.458. The predicted octanol–water partition coefficient (Wildman–Crippen LogP) is 1.16. The number of rotatable bonds is 6. The van der Waals surface area contributed by atoms with Gasteiger partial charge in [-0.1, -0.05) is 6.07 Å². The molecule has 0 unspecified atom stereocenters. The highest BCUT2D eigenvalue weighted by molar-refractivity contribution is 7.98. The first kappa shape index (κ1) is 14.4. The molecule has 0 atom stereocenters. The smallest absolute Gasteiger partial charge is 0.306 e. The highest BCUT2D eigenvalue weighted by Crippen LogP contribution is 2.20. The third kappa shape index (κ3) is 4.29. The number of carbonyl (C=O) groups is 2. The monoisotopic (exact) mass is 268 g/mol. The molecule has 0 aliphatic rings. The van der Waals surface area contributed by atoms with Gasteiger partial charge in [0.2, 0.25) is 5.91 Å². The van der Waals surface area contributed by atoms with Crippen molar-refractivity contribution in [2.45, 2.75) is 12.2 Å². The topological polar surface area (TPSA) is 95.4 Å². The second kappa shape index (κ2) is 6.90. The van der Waals surface area contributed by atoms with Gasteiger partial charge >= 0.3 is 5.97 Å². The van der Waals surface area contributed by atoms with Crippen LogP contribution in [-0.4, -0.2) is 24.7 Å². The Morgan fingerprint density at radius 1 is 1.39 bits per heavy atom. The van der Waals surface area contributed by atoms with Crippen molar-refractivity contribution in [1.82, 2.24) is 0 Å². The van der Waals surface area contributed by atoms with E-state index in [2.05, 4.69) is 4.74 Å². The Hall–Kier alpha value is -1.69. The molecule has 0 saturated heterocycles. The molecule has 18 heavy (non-hydrogen) atoms. The number of thioether (sulfide) groups is 1. The molecule has 0 spiro atoms. The molecule has 0 bridgehead atoms. The first-order valence-electron chi connectivity index (χ1n) is 5.37. The normalized spacial score (nSPS) is 10.1. The van der Waals surface area contributed by atoms with Crippen molar-refractivity contribution in [3.05, 3.63) is 29.3 Å². The van der Waals surface area contributed by atoms with Gasteiger partial charge in [0.1, 0.15) is 0 Å². The van der Waals surface area contributed by atoms with Gasteiger partial charge in [-0.15, -0.1) is 0 Å². The van der Waals surface area contributed by atoms with E-state index in [1.165, 1.54) is 7.11 Å². The molecule has 0 aromatic heterocycles. The fourth-order valence-corrected chi connectivity index (χ4v) is 2.26. The van der Waals surface area contributed by atoms with Crippen LogP contribution in [0.4, 0.5) is 5.69 Å². The van der Waals surface area contributed by atoms with E-state index < -0.39 is 5.91 Å². The van der Waals surface area contributed by atoms with Crippen molar-refractivity contribution in [3.63, 3.8) is 0 Å². The van der Waals surface area contributed by atoms with Gasteiger partial charge in [0.25, 0.3) is 0 Å². The standard InChI is InChI=1S/C12H16N2O3S/c1-17-11(15)4-5-18-7-9-3-2-8(12(14)16)6-10(9)13/h2-3,6H,4-5,7,13H2,1H3,(H2,14,16). The molecular formula is C12H16N2O3S. The van der Waals surface area contributed by atoms with Crippen molar-refractivity contribution < 1.29 is 14.3 Å². The molecule has 0 aliphatic carbocycles. The molecule has 98 valence electrons. The number of hydrogen-bond acceptors (Lipinski definition) is 5. The number of hydrogen-bond donors (Lipinski definition) is 2. The summed E-state index contributed by atoms with van der Waals surface area (Å²) in [4.78, 5) is 21.8. The molecular weight excluding hydrogens is 252 g/mol. The van der Waals surface area contributed by atoms with E-state index in [-0.39, 0.29) is 5.97 Å². The van der Waals surface area contributed by atoms with Crippen LogP contribution in [0.5, 0.6) is 0 Å². The minimum absolute atomic E-state index is 0.223. The highest BCUT2D eigenvalue weighted by atomic mass is 32.2. The van der Waals surface area contributed by atoms with Gasteiger partial charge in [0.05, 0.1) is 13.5 Å². The maximum Gasteiger partial charge on any atom is 0.306 e. The average Bonchev–Trinajstić information content (AvgIpc) is 2.35. The van der Waals surface area contributed by atoms with Crippen LogP contribution in [0.2, 0.25) is 0 Å². The van der Waals surface area contributed by atoms with Crippen molar-refractivity contribution in [2.75, 3.05) is 18.6 Å². The Kier molecular flexibility index (Phi) is 5.51. The Morgan fingerprint density at radius 2 is 2.11 bits per heavy atom. The lowest BCUT2D eigenvalue weighted by atomic mass is 10.1. The van der Waals surface area contributed by atoms with E-state index in [1.54, 1.807) is 30.0 Å². The summed E-state index contributed by atoms with van der Waals surface area (Å²) >= 11 is 1.58. The summed E-state index contributed by atoms with van der Waals surface area (Å²) in [5.74, 6) is 0.636. The lowest BCUT2D eigenvalue weighted by Gasteiger charge is -2.06. The SMILES string of the molecule is COC(=O)CCSCc1ccc(C(N)=O)cc1N. The zero-order chi connectivity index (χ0) is 13.5. The van der Waals surface area contributed by atoms with Crippen LogP contribution in [0.15, 0.2) is 18.2 Å². The lowest BCUT2D eigenvalue weighted by Crippen LogP contribution is -2.11. The maximum absolute atomic E-state index is 10.9. The van der Waals surface area contributed by atoms with Crippen molar-refractivity contribution in [1.29, 1.82) is 0 Å². The molecule has 0 fully saturated rings. The van der Waals surface area contributed by atoms with Gasteiger partial charge in [-0.3, -0.25) is 9.59 Å². The summed E-state index contributed by atoms with van der Waals surface area (Å²) < 4.78 is 4.54. The number of carbonyl (C=O) groups excluding carboxylic acids is 2. The summed E-state index contributed by atoms with van der Waals surface area (Å²) in [7, 11) is 1.37. The fourth-order valence-electron chi connectivity index (χ4n) is 1.32. The Morgan fingerprint density at radius 3 is 2.67 bits per heavy atom. The first-order valence-corrected chi connectivity index (χ1v) is 6.53. The zero-order valence-electron chi connectivity index (χ0n) is 10.1. The van der Waals surface area contributed by atoms with Crippen LogP contribution in [0.3, 0.4) is 0 Å². The molecule has 1 rings (SSSR count). The molecule has 4 N–H and O–H groups in total. The highest BCUT2D eigenvalue weighted by Gasteiger charge is 2.06. The van der Waals surface area contributed by atoms with Crippen LogP contribution in [0.1, 0.15) is 22.3 Å². The molecule has 5 nitrogen and oxygen atoms in total. The minimum atomic E-state index is -0.494. The van der Waals surface area contributed by atoms with Crippen LogP contribution in [0, 0.1) is 0 Å². The van der Waals surface area contributed by atoms with Crippen molar-refractivity contribution in [3.8, 4) is 0 Å². The van der Waals surface area contributed by atoms with Crippen molar-refractivity contribution >= 4 is 29.3 Å². The van der Waals surface area contributed by atoms with E-state index in [0.717, 1.165) is 5.56 Å². The second-order valence-electron chi connectivity index (χ2n) is 3.66. The van der Waals surface area contributed by atoms with E-state index >= 15 is 0 Å². The fraction of sp³-hybridized carbons (Fsp3) is 0.333. The average molecular weight is 268 g/mol. The van der Waals surface area contributed by atoms with Gasteiger partial charge in [0, 0.05) is 22.8 Å². The summed E-state index contributed by atoms with van der Waals surface area (Å²) in [6, 6.07) is 4.99. The number of nitrogens with two attached hydrogens (primary N) is 2. The summed E-state index contributed by atoms with van der Waals surface area (Å²) in [5.41, 5.74) is 12.8. The number of esters is 1. The predicted molar refractivity (Wildman–Crippen MR) is 72.2 cm³/mol. The number of methoxy groups -OCH3 is 1. The van der Waals surface area contributed by atoms with E-state index in [4.69, 9.17) is 11.5 Å². The number of benzene rings is 1. The number of ether oxygens (including phenoxy) is 1. The van der Waals surface area contributed by atoms with Crippen LogP contribution < -0.4 is 11.5 Å². The Balaban J connectivity index is 2.48. The molecule has 1 aromatic rings. The van der Waals surface area contributed by atoms with E-state index in [0.29, 0.717) is 29.2 Å². The number of primary amides is 1. The molecule has 1 aromatic carbocycles. The van der Waals surface area contributed by atoms with Gasteiger partial charge < -0.3 is 16.2 Å².